The number of aryl methyl sites for hydroxylation is 2. The predicted octanol–water partition coefficient (Wildman–Crippen LogP) is 3.49. The third kappa shape index (κ3) is 4.49. The summed E-state index contributed by atoms with van der Waals surface area (Å²) in [5.74, 6) is 0.843. The van der Waals surface area contributed by atoms with Gasteiger partial charge in [-0.05, 0) is 59.5 Å². The fourth-order valence-electron chi connectivity index (χ4n) is 3.22. The van der Waals surface area contributed by atoms with Crippen molar-refractivity contribution in [3.63, 3.8) is 0 Å². The maximum Gasteiger partial charge on any atom is 0.278 e. The molecule has 0 N–H and O–H groups in total. The van der Waals surface area contributed by atoms with Gasteiger partial charge in [0.15, 0.2) is 12.0 Å². The van der Waals surface area contributed by atoms with E-state index in [0.29, 0.717) is 18.7 Å². The van der Waals surface area contributed by atoms with Gasteiger partial charge in [-0.2, -0.15) is 0 Å². The first-order valence-corrected chi connectivity index (χ1v) is 10.3. The molecule has 0 radical (unpaired) electrons. The Hall–Kier alpha value is -3.26. The second-order valence-electron chi connectivity index (χ2n) is 6.83. The first-order chi connectivity index (χ1) is 14.6. The minimum atomic E-state index is -0.166. The summed E-state index contributed by atoms with van der Waals surface area (Å²) < 4.78 is 8.69. The van der Waals surface area contributed by atoms with Crippen LogP contribution in [0.25, 0.3) is 5.69 Å². The Labute approximate surface area is 182 Å². The van der Waals surface area contributed by atoms with Gasteiger partial charge in [0.2, 0.25) is 0 Å². The number of hydrogen-bond donors (Lipinski definition) is 0. The molecular formula is C22H20BrN5O2. The van der Waals surface area contributed by atoms with Gasteiger partial charge in [-0.1, -0.05) is 46.3 Å². The fraction of sp³-hybridized carbons (Fsp3) is 0.182. The van der Waals surface area contributed by atoms with Crippen molar-refractivity contribution in [1.82, 2.24) is 24.8 Å². The maximum atomic E-state index is 12.7. The number of pyridine rings is 1. The van der Waals surface area contributed by atoms with Gasteiger partial charge in [-0.25, -0.2) is 0 Å². The highest BCUT2D eigenvalue weighted by molar-refractivity contribution is 9.10. The summed E-state index contributed by atoms with van der Waals surface area (Å²) in [6.07, 6.45) is 2.73. The normalized spacial score (nSPS) is 10.9. The number of nitrogens with zero attached hydrogens (tertiary/aromatic N) is 5. The monoisotopic (exact) mass is 465 g/mol. The van der Waals surface area contributed by atoms with Crippen molar-refractivity contribution in [3.05, 3.63) is 98.6 Å². The molecule has 2 heterocycles. The molecule has 4 rings (SSSR count). The van der Waals surface area contributed by atoms with Crippen molar-refractivity contribution < 1.29 is 4.74 Å². The number of aromatic nitrogens is 5. The van der Waals surface area contributed by atoms with E-state index >= 15 is 0 Å². The summed E-state index contributed by atoms with van der Waals surface area (Å²) in [4.78, 5) is 13.9. The summed E-state index contributed by atoms with van der Waals surface area (Å²) in [7, 11) is 1.76. The van der Waals surface area contributed by atoms with E-state index in [9.17, 15) is 4.79 Å². The number of benzene rings is 2. The van der Waals surface area contributed by atoms with Gasteiger partial charge in [0, 0.05) is 17.2 Å². The van der Waals surface area contributed by atoms with E-state index in [-0.39, 0.29) is 5.56 Å². The highest BCUT2D eigenvalue weighted by Gasteiger charge is 2.11. The summed E-state index contributed by atoms with van der Waals surface area (Å²) in [6.45, 7) is 0.508. The largest absolute Gasteiger partial charge is 0.489 e. The van der Waals surface area contributed by atoms with Crippen LogP contribution in [0.1, 0.15) is 16.8 Å². The van der Waals surface area contributed by atoms with Crippen LogP contribution in [0.4, 0.5) is 0 Å². The maximum absolute atomic E-state index is 12.7. The molecule has 2 aromatic heterocycles. The van der Waals surface area contributed by atoms with Gasteiger partial charge in [0.25, 0.3) is 5.56 Å². The standard InChI is InChI=1S/C22H20BrN5O2/c1-27-19(10-11-20(22(27)29)28-25-15-24-26-28)9-7-17-13-18(23)8-12-21(17)30-14-16-5-3-2-4-6-16/h2-6,8,10-13,15H,7,9,14H2,1H3. The predicted molar refractivity (Wildman–Crippen MR) is 117 cm³/mol. The van der Waals surface area contributed by atoms with Crippen LogP contribution >= 0.6 is 15.9 Å². The van der Waals surface area contributed by atoms with E-state index in [0.717, 1.165) is 33.5 Å². The zero-order chi connectivity index (χ0) is 20.9. The smallest absolute Gasteiger partial charge is 0.278 e. The second kappa shape index (κ2) is 9.04. The molecule has 0 aliphatic rings. The SMILES string of the molecule is Cn1c(CCc2cc(Br)ccc2OCc2ccccc2)ccc(-n2ncnn2)c1=O. The topological polar surface area (TPSA) is 74.8 Å². The van der Waals surface area contributed by atoms with Gasteiger partial charge in [0.05, 0.1) is 0 Å². The fourth-order valence-corrected chi connectivity index (χ4v) is 3.63. The van der Waals surface area contributed by atoms with E-state index < -0.39 is 0 Å². The molecule has 30 heavy (non-hydrogen) atoms. The first kappa shape index (κ1) is 20.0. The van der Waals surface area contributed by atoms with Crippen molar-refractivity contribution in [3.8, 4) is 11.4 Å². The molecule has 7 nitrogen and oxygen atoms in total. The minimum Gasteiger partial charge on any atom is -0.489 e. The molecule has 0 aliphatic heterocycles. The van der Waals surface area contributed by atoms with Gasteiger partial charge in [-0.3, -0.25) is 4.79 Å². The number of ether oxygens (including phenoxy) is 1. The molecule has 0 fully saturated rings. The minimum absolute atomic E-state index is 0.166. The van der Waals surface area contributed by atoms with Crippen LogP contribution in [0.15, 0.2) is 76.3 Å². The van der Waals surface area contributed by atoms with Crippen LogP contribution in [-0.2, 0) is 26.5 Å². The number of rotatable bonds is 7. The Kier molecular flexibility index (Phi) is 6.04. The third-order valence-corrected chi connectivity index (χ3v) is 5.36. The van der Waals surface area contributed by atoms with Crippen LogP contribution in [-0.4, -0.2) is 24.8 Å². The van der Waals surface area contributed by atoms with Crippen molar-refractivity contribution in [2.24, 2.45) is 7.05 Å². The average Bonchev–Trinajstić information content (AvgIpc) is 3.29. The highest BCUT2D eigenvalue weighted by atomic mass is 79.9. The molecule has 0 unspecified atom stereocenters. The Bertz CT molecular complexity index is 1190. The molecule has 0 saturated heterocycles. The quantitative estimate of drug-likeness (QED) is 0.417. The Morgan fingerprint density at radius 3 is 2.63 bits per heavy atom. The van der Waals surface area contributed by atoms with Gasteiger partial charge < -0.3 is 9.30 Å². The number of halogens is 1. The summed E-state index contributed by atoms with van der Waals surface area (Å²) in [5.41, 5.74) is 3.31. The highest BCUT2D eigenvalue weighted by Crippen LogP contribution is 2.25. The molecule has 0 amide bonds. The lowest BCUT2D eigenvalue weighted by atomic mass is 10.1. The Balaban J connectivity index is 1.51. The van der Waals surface area contributed by atoms with Crippen LogP contribution in [0.5, 0.6) is 5.75 Å². The lowest BCUT2D eigenvalue weighted by molar-refractivity contribution is 0.303. The van der Waals surface area contributed by atoms with Crippen LogP contribution < -0.4 is 10.3 Å². The van der Waals surface area contributed by atoms with Crippen molar-refractivity contribution >= 4 is 15.9 Å². The van der Waals surface area contributed by atoms with Crippen LogP contribution in [0.3, 0.4) is 0 Å². The van der Waals surface area contributed by atoms with Crippen LogP contribution in [0.2, 0.25) is 0 Å². The Morgan fingerprint density at radius 2 is 1.87 bits per heavy atom. The van der Waals surface area contributed by atoms with Gasteiger partial charge in [0.1, 0.15) is 12.4 Å². The summed E-state index contributed by atoms with van der Waals surface area (Å²) in [6, 6.07) is 19.7. The van der Waals surface area contributed by atoms with Crippen molar-refractivity contribution in [2.75, 3.05) is 0 Å². The van der Waals surface area contributed by atoms with Gasteiger partial charge >= 0.3 is 0 Å². The molecule has 8 heteroatoms. The zero-order valence-corrected chi connectivity index (χ0v) is 18.0. The molecule has 0 spiro atoms. The number of tetrazole rings is 1. The molecule has 0 aliphatic carbocycles. The molecule has 2 aromatic carbocycles. The average molecular weight is 466 g/mol. The van der Waals surface area contributed by atoms with Crippen LogP contribution in [0, 0.1) is 0 Å². The van der Waals surface area contributed by atoms with E-state index in [2.05, 4.69) is 37.4 Å². The zero-order valence-electron chi connectivity index (χ0n) is 16.4. The number of hydrogen-bond acceptors (Lipinski definition) is 5. The Morgan fingerprint density at radius 1 is 1.03 bits per heavy atom. The lowest BCUT2D eigenvalue weighted by Gasteiger charge is -2.14. The first-order valence-electron chi connectivity index (χ1n) is 9.49. The molecule has 4 aromatic rings. The van der Waals surface area contributed by atoms with E-state index in [1.54, 1.807) is 17.7 Å². The van der Waals surface area contributed by atoms with E-state index in [1.165, 1.54) is 11.1 Å². The summed E-state index contributed by atoms with van der Waals surface area (Å²) >= 11 is 3.54. The second-order valence-corrected chi connectivity index (χ2v) is 7.74. The van der Waals surface area contributed by atoms with Gasteiger partial charge in [-0.15, -0.1) is 15.0 Å². The summed E-state index contributed by atoms with van der Waals surface area (Å²) in [5, 5.41) is 11.4. The molecular weight excluding hydrogens is 446 g/mol. The van der Waals surface area contributed by atoms with E-state index in [1.807, 2.05) is 48.5 Å². The molecule has 0 atom stereocenters. The molecule has 0 saturated carbocycles. The van der Waals surface area contributed by atoms with Crippen molar-refractivity contribution in [2.45, 2.75) is 19.4 Å². The van der Waals surface area contributed by atoms with Crippen molar-refractivity contribution in [1.29, 1.82) is 0 Å². The lowest BCUT2D eigenvalue weighted by Crippen LogP contribution is -2.25. The molecule has 152 valence electrons. The third-order valence-electron chi connectivity index (χ3n) is 4.86. The van der Waals surface area contributed by atoms with E-state index in [4.69, 9.17) is 4.74 Å². The molecule has 0 bridgehead atoms.